The topological polar surface area (TPSA) is 24.4 Å². The maximum atomic E-state index is 4.40. The summed E-state index contributed by atoms with van der Waals surface area (Å²) in [4.78, 5) is 4.40. The first kappa shape index (κ1) is 6.65. The lowest BCUT2D eigenvalue weighted by Crippen LogP contribution is -2.05. The maximum Gasteiger partial charge on any atom is 0.0648 e. The molecule has 0 saturated carbocycles. The minimum absolute atomic E-state index is 0.474. The Kier molecular flexibility index (Phi) is 1.53. The normalized spacial score (nSPS) is 28.3. The average Bonchev–Trinajstić information content (AvgIpc) is 2.38. The molecule has 0 amide bonds. The molecule has 2 heteroatoms. The molecule has 11 heavy (non-hydrogen) atoms. The Morgan fingerprint density at radius 1 is 1.64 bits per heavy atom. The van der Waals surface area contributed by atoms with Gasteiger partial charge in [0, 0.05) is 25.1 Å². The van der Waals surface area contributed by atoms with Gasteiger partial charge in [-0.3, -0.25) is 4.99 Å². The lowest BCUT2D eigenvalue weighted by Gasteiger charge is -1.95. The molecule has 1 atom stereocenters. The fraction of sp³-hybridized carbons (Fsp3) is 0.444. The van der Waals surface area contributed by atoms with Crippen LogP contribution in [0, 0.1) is 5.92 Å². The fourth-order valence-electron chi connectivity index (χ4n) is 1.35. The molecule has 58 valence electrons. The van der Waals surface area contributed by atoms with Crippen LogP contribution in [0.25, 0.3) is 0 Å². The van der Waals surface area contributed by atoms with E-state index in [2.05, 4.69) is 29.4 Å². The van der Waals surface area contributed by atoms with E-state index >= 15 is 0 Å². The van der Waals surface area contributed by atoms with Crippen LogP contribution in [0.3, 0.4) is 0 Å². The van der Waals surface area contributed by atoms with E-state index in [1.54, 1.807) is 0 Å². The van der Waals surface area contributed by atoms with Gasteiger partial charge in [0.15, 0.2) is 0 Å². The van der Waals surface area contributed by atoms with Gasteiger partial charge in [-0.15, -0.1) is 0 Å². The highest BCUT2D eigenvalue weighted by molar-refractivity contribution is 5.66. The zero-order chi connectivity index (χ0) is 7.68. The van der Waals surface area contributed by atoms with Crippen LogP contribution in [0.5, 0.6) is 0 Å². The van der Waals surface area contributed by atoms with Gasteiger partial charge in [0.05, 0.1) is 11.4 Å². The Morgan fingerprint density at radius 2 is 2.55 bits per heavy atom. The maximum absolute atomic E-state index is 4.40. The van der Waals surface area contributed by atoms with Crippen molar-refractivity contribution < 1.29 is 0 Å². The van der Waals surface area contributed by atoms with Crippen molar-refractivity contribution >= 4 is 6.21 Å². The van der Waals surface area contributed by atoms with E-state index in [0.29, 0.717) is 5.92 Å². The van der Waals surface area contributed by atoms with Crippen LogP contribution in [-0.2, 0) is 0 Å². The summed E-state index contributed by atoms with van der Waals surface area (Å²) < 4.78 is 0. The highest BCUT2D eigenvalue weighted by atomic mass is 15.0. The summed E-state index contributed by atoms with van der Waals surface area (Å²) in [6.45, 7) is 3.18. The third kappa shape index (κ3) is 1.20. The molecule has 0 bridgehead atoms. The third-order valence-corrected chi connectivity index (χ3v) is 2.02. The number of rotatable bonds is 0. The van der Waals surface area contributed by atoms with Gasteiger partial charge < -0.3 is 5.32 Å². The molecular weight excluding hydrogens is 136 g/mol. The number of hydrogen-bond acceptors (Lipinski definition) is 2. The van der Waals surface area contributed by atoms with Crippen LogP contribution in [0.1, 0.15) is 13.3 Å². The van der Waals surface area contributed by atoms with Crippen molar-refractivity contribution in [2.24, 2.45) is 10.9 Å². The highest BCUT2D eigenvalue weighted by Gasteiger charge is 2.12. The molecule has 0 aromatic carbocycles. The van der Waals surface area contributed by atoms with Crippen molar-refractivity contribution in [3.63, 3.8) is 0 Å². The second-order valence-electron chi connectivity index (χ2n) is 3.03. The van der Waals surface area contributed by atoms with Crippen LogP contribution in [0.4, 0.5) is 0 Å². The zero-order valence-corrected chi connectivity index (χ0v) is 6.67. The van der Waals surface area contributed by atoms with E-state index in [1.807, 2.05) is 6.21 Å². The van der Waals surface area contributed by atoms with Crippen molar-refractivity contribution in [2.75, 3.05) is 6.54 Å². The van der Waals surface area contributed by atoms with Crippen LogP contribution >= 0.6 is 0 Å². The smallest absolute Gasteiger partial charge is 0.0648 e. The lowest BCUT2D eigenvalue weighted by atomic mass is 10.2. The predicted octanol–water partition coefficient (Wildman–Crippen LogP) is 1.47. The summed E-state index contributed by atoms with van der Waals surface area (Å²) in [6.07, 6.45) is 7.39. The van der Waals surface area contributed by atoms with E-state index in [9.17, 15) is 0 Å². The average molecular weight is 148 g/mol. The number of allylic oxidation sites excluding steroid dienone is 2. The Labute approximate surface area is 66.7 Å². The van der Waals surface area contributed by atoms with E-state index in [0.717, 1.165) is 13.0 Å². The molecular formula is C9H12N2. The minimum Gasteiger partial charge on any atom is -0.383 e. The Morgan fingerprint density at radius 3 is 3.45 bits per heavy atom. The summed E-state index contributed by atoms with van der Waals surface area (Å²) in [5.41, 5.74) is 2.43. The first-order chi connectivity index (χ1) is 5.36. The second-order valence-corrected chi connectivity index (χ2v) is 3.03. The van der Waals surface area contributed by atoms with Gasteiger partial charge >= 0.3 is 0 Å². The van der Waals surface area contributed by atoms with Crippen molar-refractivity contribution in [3.05, 3.63) is 23.5 Å². The molecule has 1 N–H and O–H groups in total. The van der Waals surface area contributed by atoms with Gasteiger partial charge in [-0.2, -0.15) is 0 Å². The van der Waals surface area contributed by atoms with Gasteiger partial charge in [-0.05, 0) is 6.08 Å². The van der Waals surface area contributed by atoms with Crippen molar-refractivity contribution in [3.8, 4) is 0 Å². The van der Waals surface area contributed by atoms with Crippen molar-refractivity contribution in [2.45, 2.75) is 13.3 Å². The molecule has 2 aliphatic heterocycles. The molecule has 2 aliphatic rings. The van der Waals surface area contributed by atoms with Crippen LogP contribution in [0.15, 0.2) is 28.5 Å². The standard InChI is InChI=1S/C9H12N2/c1-7-2-3-8-9(11-6-7)4-5-10-8/h2-3,6-7,10H,4-5H2,1H3. The SMILES string of the molecule is CC1C=CC2=C(CCN2)N=C1. The molecule has 2 rings (SSSR count). The van der Waals surface area contributed by atoms with Gasteiger partial charge in [0.25, 0.3) is 0 Å². The summed E-state index contributed by atoms with van der Waals surface area (Å²) in [5.74, 6) is 0.474. The Balaban J connectivity index is 2.30. The number of nitrogens with one attached hydrogen (secondary N) is 1. The quantitative estimate of drug-likeness (QED) is 0.552. The Bertz CT molecular complexity index is 224. The number of aliphatic imine (C=N–C) groups is 1. The second kappa shape index (κ2) is 2.53. The number of nitrogens with zero attached hydrogens (tertiary/aromatic N) is 1. The molecule has 0 spiro atoms. The zero-order valence-electron chi connectivity index (χ0n) is 6.67. The molecule has 2 heterocycles. The molecule has 0 aromatic heterocycles. The van der Waals surface area contributed by atoms with Crippen LogP contribution < -0.4 is 5.32 Å². The fourth-order valence-corrected chi connectivity index (χ4v) is 1.35. The molecule has 0 radical (unpaired) electrons. The molecule has 2 nitrogen and oxygen atoms in total. The van der Waals surface area contributed by atoms with Gasteiger partial charge in [0.2, 0.25) is 0 Å². The third-order valence-electron chi connectivity index (χ3n) is 2.02. The Hall–Kier alpha value is -1.05. The van der Waals surface area contributed by atoms with Gasteiger partial charge in [-0.25, -0.2) is 0 Å². The highest BCUT2D eigenvalue weighted by Crippen LogP contribution is 2.18. The van der Waals surface area contributed by atoms with Crippen LogP contribution in [-0.4, -0.2) is 12.8 Å². The summed E-state index contributed by atoms with van der Waals surface area (Å²) in [6, 6.07) is 0. The molecule has 0 aliphatic carbocycles. The first-order valence-electron chi connectivity index (χ1n) is 4.05. The lowest BCUT2D eigenvalue weighted by molar-refractivity contribution is 0.878. The summed E-state index contributed by atoms with van der Waals surface area (Å²) in [5, 5.41) is 3.30. The number of hydrogen-bond donors (Lipinski definition) is 1. The van der Waals surface area contributed by atoms with Gasteiger partial charge in [-0.1, -0.05) is 13.0 Å². The van der Waals surface area contributed by atoms with Crippen molar-refractivity contribution in [1.82, 2.24) is 5.32 Å². The van der Waals surface area contributed by atoms with E-state index in [4.69, 9.17) is 0 Å². The minimum atomic E-state index is 0.474. The predicted molar refractivity (Wildman–Crippen MR) is 46.4 cm³/mol. The summed E-state index contributed by atoms with van der Waals surface area (Å²) in [7, 11) is 0. The van der Waals surface area contributed by atoms with Crippen molar-refractivity contribution in [1.29, 1.82) is 0 Å². The molecule has 0 aromatic rings. The van der Waals surface area contributed by atoms with E-state index < -0.39 is 0 Å². The molecule has 0 saturated heterocycles. The summed E-state index contributed by atoms with van der Waals surface area (Å²) >= 11 is 0. The molecule has 1 unspecified atom stereocenters. The van der Waals surface area contributed by atoms with Gasteiger partial charge in [0.1, 0.15) is 0 Å². The van der Waals surface area contributed by atoms with Crippen LogP contribution in [0.2, 0.25) is 0 Å². The van der Waals surface area contributed by atoms with E-state index in [-0.39, 0.29) is 0 Å². The monoisotopic (exact) mass is 148 g/mol. The van der Waals surface area contributed by atoms with E-state index in [1.165, 1.54) is 11.4 Å². The molecule has 0 fully saturated rings. The first-order valence-corrected chi connectivity index (χ1v) is 4.05. The largest absolute Gasteiger partial charge is 0.383 e.